The first-order valence-electron chi connectivity index (χ1n) is 5.51. The Bertz CT molecular complexity index is 542. The first-order chi connectivity index (χ1) is 8.56. The maximum atomic E-state index is 13.7. The van der Waals surface area contributed by atoms with Crippen LogP contribution in [0.4, 0.5) is 4.39 Å². The molecule has 94 valence electrons. The molecule has 1 unspecified atom stereocenters. The molecule has 2 aromatic carbocycles. The van der Waals surface area contributed by atoms with Crippen LogP contribution in [0, 0.1) is 5.82 Å². The highest BCUT2D eigenvalue weighted by Gasteiger charge is 2.12. The lowest BCUT2D eigenvalue weighted by Crippen LogP contribution is -2.15. The van der Waals surface area contributed by atoms with Gasteiger partial charge in [0.1, 0.15) is 5.82 Å². The molecule has 1 nitrogen and oxygen atoms in total. The molecule has 0 heterocycles. The van der Waals surface area contributed by atoms with E-state index in [4.69, 9.17) is 17.3 Å². The maximum Gasteiger partial charge on any atom is 0.129 e. The van der Waals surface area contributed by atoms with E-state index in [1.807, 2.05) is 24.3 Å². The van der Waals surface area contributed by atoms with Crippen LogP contribution in [0.2, 0.25) is 5.02 Å². The Kier molecular flexibility index (Phi) is 4.38. The summed E-state index contributed by atoms with van der Waals surface area (Å²) in [4.78, 5) is 0. The fourth-order valence-electron chi connectivity index (χ4n) is 1.79. The minimum atomic E-state index is -0.372. The zero-order valence-corrected chi connectivity index (χ0v) is 11.9. The summed E-state index contributed by atoms with van der Waals surface area (Å²) in [6, 6.07) is 12.0. The smallest absolute Gasteiger partial charge is 0.129 e. The van der Waals surface area contributed by atoms with Crippen molar-refractivity contribution in [3.8, 4) is 0 Å². The fourth-order valence-corrected chi connectivity index (χ4v) is 2.21. The standard InChI is InChI=1S/C14H12BrClFN/c15-10-3-1-9(2-4-10)7-14(18)12-6-5-11(16)8-13(12)17/h1-6,8,14H,7,18H2. The Morgan fingerprint density at radius 1 is 1.17 bits per heavy atom. The summed E-state index contributed by atoms with van der Waals surface area (Å²) < 4.78 is 14.7. The highest BCUT2D eigenvalue weighted by molar-refractivity contribution is 9.10. The van der Waals surface area contributed by atoms with Crippen LogP contribution in [0.5, 0.6) is 0 Å². The molecule has 0 aliphatic heterocycles. The molecule has 4 heteroatoms. The summed E-state index contributed by atoms with van der Waals surface area (Å²) in [5.74, 6) is -0.355. The molecule has 0 spiro atoms. The highest BCUT2D eigenvalue weighted by atomic mass is 79.9. The van der Waals surface area contributed by atoms with E-state index in [0.717, 1.165) is 10.0 Å². The van der Waals surface area contributed by atoms with Crippen molar-refractivity contribution >= 4 is 27.5 Å². The first-order valence-corrected chi connectivity index (χ1v) is 6.68. The summed E-state index contributed by atoms with van der Waals surface area (Å²) in [6.07, 6.45) is 0.589. The van der Waals surface area contributed by atoms with Gasteiger partial charge in [-0.25, -0.2) is 4.39 Å². The Labute approximate surface area is 119 Å². The molecule has 0 aliphatic carbocycles. The maximum absolute atomic E-state index is 13.7. The number of hydrogen-bond acceptors (Lipinski definition) is 1. The predicted octanol–water partition coefficient (Wildman–Crippen LogP) is 4.48. The van der Waals surface area contributed by atoms with Crippen molar-refractivity contribution in [2.45, 2.75) is 12.5 Å². The molecular weight excluding hydrogens is 317 g/mol. The van der Waals surface area contributed by atoms with Gasteiger partial charge in [-0.3, -0.25) is 0 Å². The van der Waals surface area contributed by atoms with Crippen molar-refractivity contribution in [3.63, 3.8) is 0 Å². The van der Waals surface area contributed by atoms with E-state index in [1.54, 1.807) is 12.1 Å². The number of benzene rings is 2. The Morgan fingerprint density at radius 2 is 1.83 bits per heavy atom. The van der Waals surface area contributed by atoms with Crippen LogP contribution >= 0.6 is 27.5 Å². The molecule has 1 atom stereocenters. The molecule has 0 amide bonds. The monoisotopic (exact) mass is 327 g/mol. The van der Waals surface area contributed by atoms with Crippen molar-refractivity contribution in [3.05, 3.63) is 68.9 Å². The van der Waals surface area contributed by atoms with Crippen LogP contribution in [0.1, 0.15) is 17.2 Å². The van der Waals surface area contributed by atoms with E-state index in [9.17, 15) is 4.39 Å². The van der Waals surface area contributed by atoms with Crippen LogP contribution in [0.3, 0.4) is 0 Å². The zero-order valence-electron chi connectivity index (χ0n) is 9.54. The van der Waals surface area contributed by atoms with Gasteiger partial charge >= 0.3 is 0 Å². The van der Waals surface area contributed by atoms with Gasteiger partial charge in [0.2, 0.25) is 0 Å². The molecule has 0 saturated heterocycles. The molecule has 2 aromatic rings. The van der Waals surface area contributed by atoms with Crippen molar-refractivity contribution in [2.75, 3.05) is 0 Å². The van der Waals surface area contributed by atoms with E-state index in [2.05, 4.69) is 15.9 Å². The molecule has 0 aliphatic rings. The Morgan fingerprint density at radius 3 is 2.44 bits per heavy atom. The van der Waals surface area contributed by atoms with Gasteiger partial charge in [-0.2, -0.15) is 0 Å². The molecule has 0 bridgehead atoms. The van der Waals surface area contributed by atoms with E-state index < -0.39 is 0 Å². The van der Waals surface area contributed by atoms with Crippen molar-refractivity contribution in [1.29, 1.82) is 0 Å². The second-order valence-electron chi connectivity index (χ2n) is 4.10. The van der Waals surface area contributed by atoms with Crippen LogP contribution in [-0.2, 0) is 6.42 Å². The normalized spacial score (nSPS) is 12.4. The lowest BCUT2D eigenvalue weighted by atomic mass is 9.99. The lowest BCUT2D eigenvalue weighted by Gasteiger charge is -2.13. The van der Waals surface area contributed by atoms with Crippen molar-refractivity contribution < 1.29 is 4.39 Å². The third kappa shape index (κ3) is 3.31. The molecule has 18 heavy (non-hydrogen) atoms. The van der Waals surface area contributed by atoms with Crippen molar-refractivity contribution in [2.24, 2.45) is 5.73 Å². The lowest BCUT2D eigenvalue weighted by molar-refractivity contribution is 0.580. The minimum absolute atomic E-state index is 0.355. The van der Waals surface area contributed by atoms with Crippen molar-refractivity contribution in [1.82, 2.24) is 0 Å². The Hall–Kier alpha value is -0.900. The quantitative estimate of drug-likeness (QED) is 0.883. The molecule has 0 saturated carbocycles. The number of halogens is 3. The predicted molar refractivity (Wildman–Crippen MR) is 76.2 cm³/mol. The average Bonchev–Trinajstić information content (AvgIpc) is 2.32. The summed E-state index contributed by atoms with van der Waals surface area (Å²) in [5, 5.41) is 0.382. The fraction of sp³-hybridized carbons (Fsp3) is 0.143. The van der Waals surface area contributed by atoms with Crippen LogP contribution in [0.15, 0.2) is 46.9 Å². The number of nitrogens with two attached hydrogens (primary N) is 1. The molecule has 0 aromatic heterocycles. The molecule has 0 radical (unpaired) electrons. The zero-order chi connectivity index (χ0) is 13.1. The SMILES string of the molecule is NC(Cc1ccc(Br)cc1)c1ccc(Cl)cc1F. The second kappa shape index (κ2) is 5.83. The summed E-state index contributed by atoms with van der Waals surface area (Å²) in [5.41, 5.74) is 7.58. The first kappa shape index (κ1) is 13.5. The number of hydrogen-bond donors (Lipinski definition) is 1. The average molecular weight is 329 g/mol. The van der Waals surface area contributed by atoms with Gasteiger partial charge in [-0.15, -0.1) is 0 Å². The van der Waals surface area contributed by atoms with Gasteiger partial charge in [0.05, 0.1) is 0 Å². The molecular formula is C14H12BrClFN. The summed E-state index contributed by atoms with van der Waals surface area (Å²) in [6.45, 7) is 0. The molecule has 2 rings (SSSR count). The highest BCUT2D eigenvalue weighted by Crippen LogP contribution is 2.22. The van der Waals surface area contributed by atoms with Gasteiger partial charge in [-0.05, 0) is 36.2 Å². The van der Waals surface area contributed by atoms with Gasteiger partial charge in [-0.1, -0.05) is 45.7 Å². The topological polar surface area (TPSA) is 26.0 Å². The van der Waals surface area contributed by atoms with Crippen LogP contribution in [-0.4, -0.2) is 0 Å². The number of rotatable bonds is 3. The van der Waals surface area contributed by atoms with E-state index in [1.165, 1.54) is 6.07 Å². The third-order valence-electron chi connectivity index (χ3n) is 2.73. The van der Waals surface area contributed by atoms with Crippen LogP contribution < -0.4 is 5.73 Å². The van der Waals surface area contributed by atoms with Gasteiger partial charge < -0.3 is 5.73 Å². The van der Waals surface area contributed by atoms with Gasteiger partial charge in [0.25, 0.3) is 0 Å². The van der Waals surface area contributed by atoms with Gasteiger partial charge in [0.15, 0.2) is 0 Å². The third-order valence-corrected chi connectivity index (χ3v) is 3.49. The molecule has 2 N–H and O–H groups in total. The largest absolute Gasteiger partial charge is 0.324 e. The van der Waals surface area contributed by atoms with E-state index in [-0.39, 0.29) is 11.9 Å². The summed E-state index contributed by atoms with van der Waals surface area (Å²) in [7, 11) is 0. The molecule has 0 fully saturated rings. The summed E-state index contributed by atoms with van der Waals surface area (Å²) >= 11 is 9.08. The van der Waals surface area contributed by atoms with E-state index >= 15 is 0 Å². The van der Waals surface area contributed by atoms with Gasteiger partial charge in [0, 0.05) is 21.1 Å². The van der Waals surface area contributed by atoms with Crippen LogP contribution in [0.25, 0.3) is 0 Å². The second-order valence-corrected chi connectivity index (χ2v) is 5.46. The van der Waals surface area contributed by atoms with E-state index in [0.29, 0.717) is 17.0 Å². The Balaban J connectivity index is 2.16. The minimum Gasteiger partial charge on any atom is -0.324 e.